The number of esters is 6. The smallest absolute Gasteiger partial charge is 0.308 e. The van der Waals surface area contributed by atoms with Gasteiger partial charge < -0.3 is 28.4 Å². The minimum Gasteiger partial charge on any atom is -0.427 e. The van der Waals surface area contributed by atoms with Gasteiger partial charge in [0.05, 0.1) is 0 Å². The first-order valence-corrected chi connectivity index (χ1v) is 23.7. The Labute approximate surface area is 490 Å². The summed E-state index contributed by atoms with van der Waals surface area (Å²) in [6.45, 7) is 8.02. The van der Waals surface area contributed by atoms with Crippen molar-refractivity contribution in [2.75, 3.05) is 0 Å². The van der Waals surface area contributed by atoms with Crippen molar-refractivity contribution in [2.24, 2.45) is 0 Å². The molecule has 0 aliphatic heterocycles. The van der Waals surface area contributed by atoms with Gasteiger partial charge in [-0.05, 0) is 143 Å². The van der Waals surface area contributed by atoms with E-state index < -0.39 is 0 Å². The standard InChI is InChI=1S/3C21H18O5.2Pd/c3*1-15(22)25-20-11-5-17(6-12-20)3-9-19(24)10-4-18-7-13-21(14-8-18)26-16(2)23;;/h3*3-14H,1-2H3;;/b3*9-3+,10-4+;;. The van der Waals surface area contributed by atoms with Gasteiger partial charge in [-0.25, -0.2) is 0 Å². The zero-order valence-electron chi connectivity index (χ0n) is 44.0. The van der Waals surface area contributed by atoms with Crippen LogP contribution in [-0.2, 0) is 84.0 Å². The molecule has 0 aliphatic rings. The zero-order valence-corrected chi connectivity index (χ0v) is 47.1. The summed E-state index contributed by atoms with van der Waals surface area (Å²) < 4.78 is 29.7. The predicted octanol–water partition coefficient (Wildman–Crippen LogP) is 11.5. The third kappa shape index (κ3) is 28.9. The van der Waals surface area contributed by atoms with Crippen molar-refractivity contribution in [1.82, 2.24) is 0 Å². The number of allylic oxidation sites excluding steroid dienone is 6. The Hall–Kier alpha value is -9.09. The van der Waals surface area contributed by atoms with Crippen LogP contribution in [-0.4, -0.2) is 53.2 Å². The van der Waals surface area contributed by atoms with Crippen LogP contribution in [0.4, 0.5) is 0 Å². The second kappa shape index (κ2) is 36.1. The minimum absolute atomic E-state index is 0. The molecule has 6 rings (SSSR count). The van der Waals surface area contributed by atoms with Gasteiger partial charge in [0.1, 0.15) is 34.5 Å². The number of carbonyl (C=O) groups excluding carboxylic acids is 9. The van der Waals surface area contributed by atoms with Crippen LogP contribution < -0.4 is 28.4 Å². The van der Waals surface area contributed by atoms with Crippen molar-refractivity contribution >= 4 is 89.6 Å². The molecule has 0 radical (unpaired) electrons. The van der Waals surface area contributed by atoms with E-state index in [2.05, 4.69) is 0 Å². The van der Waals surface area contributed by atoms with Crippen LogP contribution in [0.5, 0.6) is 34.5 Å². The van der Waals surface area contributed by atoms with Crippen LogP contribution >= 0.6 is 0 Å². The maximum absolute atomic E-state index is 11.9. The number of ketones is 3. The third-order valence-electron chi connectivity index (χ3n) is 9.49. The van der Waals surface area contributed by atoms with Crippen LogP contribution in [0, 0.1) is 0 Å². The quantitative estimate of drug-likeness (QED) is 0.0339. The maximum atomic E-state index is 11.9. The molecule has 0 N–H and O–H groups in total. The molecule has 6 aromatic carbocycles. The summed E-state index contributed by atoms with van der Waals surface area (Å²) in [5, 5.41) is 0. The summed E-state index contributed by atoms with van der Waals surface area (Å²) in [7, 11) is 0. The molecule has 15 nitrogen and oxygen atoms in total. The van der Waals surface area contributed by atoms with Crippen LogP contribution in [0.15, 0.2) is 182 Å². The van der Waals surface area contributed by atoms with E-state index in [0.717, 1.165) is 33.4 Å². The first-order chi connectivity index (χ1) is 37.3. The number of hydrogen-bond donors (Lipinski definition) is 0. The van der Waals surface area contributed by atoms with E-state index in [9.17, 15) is 43.2 Å². The van der Waals surface area contributed by atoms with Crippen LogP contribution in [0.2, 0.25) is 0 Å². The molecule has 80 heavy (non-hydrogen) atoms. The van der Waals surface area contributed by atoms with Gasteiger partial charge in [0.25, 0.3) is 0 Å². The number of hydrogen-bond acceptors (Lipinski definition) is 15. The second-order valence-corrected chi connectivity index (χ2v) is 16.2. The SMILES string of the molecule is CC(=O)Oc1ccc(/C=C/C(=O)/C=C/c2ccc(OC(C)=O)cc2)cc1.CC(=O)Oc1ccc(/C=C/C(=O)/C=C/c2ccc(OC(C)=O)cc2)cc1.CC(=O)Oc1ccc(/C=C/C(=O)/C=C/c2ccc(OC(C)=O)cc2)cc1.[Pd].[Pd]. The monoisotopic (exact) mass is 1260 g/mol. The van der Waals surface area contributed by atoms with Crippen molar-refractivity contribution in [3.8, 4) is 34.5 Å². The number of carbonyl (C=O) groups is 9. The molecule has 0 saturated heterocycles. The molecule has 17 heteroatoms. The first-order valence-electron chi connectivity index (χ1n) is 23.7. The molecule has 0 spiro atoms. The maximum Gasteiger partial charge on any atom is 0.308 e. The molecule has 0 aliphatic carbocycles. The van der Waals surface area contributed by atoms with Crippen molar-refractivity contribution < 1.29 is 112 Å². The fourth-order valence-corrected chi connectivity index (χ4v) is 6.11. The first kappa shape index (κ1) is 67.0. The zero-order chi connectivity index (χ0) is 56.8. The van der Waals surface area contributed by atoms with Crippen molar-refractivity contribution in [3.05, 3.63) is 215 Å². The van der Waals surface area contributed by atoms with Gasteiger partial charge in [-0.1, -0.05) is 109 Å². The van der Waals surface area contributed by atoms with E-state index in [1.807, 2.05) is 0 Å². The molecule has 0 atom stereocenters. The largest absolute Gasteiger partial charge is 0.427 e. The van der Waals surface area contributed by atoms with Crippen LogP contribution in [0.1, 0.15) is 74.9 Å². The van der Waals surface area contributed by atoms with E-state index in [4.69, 9.17) is 28.4 Å². The second-order valence-electron chi connectivity index (χ2n) is 16.2. The molecule has 0 heterocycles. The fourth-order valence-electron chi connectivity index (χ4n) is 6.11. The third-order valence-corrected chi connectivity index (χ3v) is 9.49. The van der Waals surface area contributed by atoms with Gasteiger partial charge in [0.2, 0.25) is 0 Å². The fraction of sp³-hybridized carbons (Fsp3) is 0.0952. The topological polar surface area (TPSA) is 209 Å². The number of rotatable bonds is 18. The summed E-state index contributed by atoms with van der Waals surface area (Å²) in [4.78, 5) is 101. The molecule has 0 fully saturated rings. The molecule has 0 saturated carbocycles. The summed E-state index contributed by atoms with van der Waals surface area (Å²) >= 11 is 0. The normalized spacial score (nSPS) is 10.6. The Kier molecular flexibility index (Phi) is 30.2. The average molecular weight is 1260 g/mol. The van der Waals surface area contributed by atoms with Crippen LogP contribution in [0.3, 0.4) is 0 Å². The van der Waals surface area contributed by atoms with Crippen molar-refractivity contribution in [3.63, 3.8) is 0 Å². The molecular weight excluding hydrogens is 1210 g/mol. The average Bonchev–Trinajstić information content (AvgIpc) is 3.39. The molecule has 0 bridgehead atoms. The molecule has 0 aromatic heterocycles. The van der Waals surface area contributed by atoms with Gasteiger partial charge in [-0.3, -0.25) is 43.2 Å². The number of benzene rings is 6. The van der Waals surface area contributed by atoms with Gasteiger partial charge in [0.15, 0.2) is 17.3 Å². The van der Waals surface area contributed by atoms with Crippen molar-refractivity contribution in [2.45, 2.75) is 41.5 Å². The Morgan fingerprint density at radius 3 is 0.438 bits per heavy atom. The van der Waals surface area contributed by atoms with E-state index in [1.54, 1.807) is 182 Å². The summed E-state index contributed by atoms with van der Waals surface area (Å²) in [5.41, 5.74) is 4.88. The predicted molar refractivity (Wildman–Crippen MR) is 296 cm³/mol. The van der Waals surface area contributed by atoms with Gasteiger partial charge in [-0.15, -0.1) is 0 Å². The number of ether oxygens (including phenoxy) is 6. The van der Waals surface area contributed by atoms with E-state index in [-0.39, 0.29) is 94.0 Å². The summed E-state index contributed by atoms with van der Waals surface area (Å²) in [5.74, 6) is -0.0465. The van der Waals surface area contributed by atoms with Gasteiger partial charge in [0, 0.05) is 82.4 Å². The van der Waals surface area contributed by atoms with Crippen molar-refractivity contribution in [1.29, 1.82) is 0 Å². The molecule has 416 valence electrons. The Morgan fingerprint density at radius 1 is 0.225 bits per heavy atom. The van der Waals surface area contributed by atoms with Crippen LogP contribution in [0.25, 0.3) is 36.5 Å². The van der Waals surface area contributed by atoms with E-state index >= 15 is 0 Å². The summed E-state index contributed by atoms with van der Waals surface area (Å²) in [6, 6.07) is 40.9. The minimum atomic E-state index is -0.380. The van der Waals surface area contributed by atoms with Gasteiger partial charge >= 0.3 is 35.8 Å². The van der Waals surface area contributed by atoms with Gasteiger partial charge in [-0.2, -0.15) is 0 Å². The Bertz CT molecular complexity index is 2680. The Balaban J connectivity index is 0.000000405. The van der Waals surface area contributed by atoms with E-state index in [0.29, 0.717) is 34.5 Å². The van der Waals surface area contributed by atoms with E-state index in [1.165, 1.54) is 78.0 Å². The molecular formula is C63H54O15Pd2. The molecule has 6 aromatic rings. The molecule has 0 unspecified atom stereocenters. The summed E-state index contributed by atoms with van der Waals surface area (Å²) in [6.07, 6.45) is 18.7. The molecule has 0 amide bonds. The Morgan fingerprint density at radius 2 is 0.338 bits per heavy atom.